The number of rotatable bonds is 8. The monoisotopic (exact) mass is 465 g/mol. The molecule has 1 aromatic carbocycles. The summed E-state index contributed by atoms with van der Waals surface area (Å²) in [6, 6.07) is 6.07. The highest BCUT2D eigenvalue weighted by Gasteiger charge is 2.31. The van der Waals surface area contributed by atoms with Gasteiger partial charge >= 0.3 is 0 Å². The molecule has 2 fully saturated rings. The second kappa shape index (κ2) is 10.8. The van der Waals surface area contributed by atoms with Crippen molar-refractivity contribution in [2.24, 2.45) is 5.92 Å². The zero-order chi connectivity index (χ0) is 21.6. The fourth-order valence-electron chi connectivity index (χ4n) is 3.99. The molecule has 0 aliphatic carbocycles. The lowest BCUT2D eigenvalue weighted by atomic mass is 9.97. The highest BCUT2D eigenvalue weighted by molar-refractivity contribution is 7.99. The summed E-state index contributed by atoms with van der Waals surface area (Å²) in [7, 11) is 0. The zero-order valence-corrected chi connectivity index (χ0v) is 19.2. The SMILES string of the molecule is Cc1ccc(-n2cnnc2SCC(=O)NCC(C2CCOC2)N2CCOCC2)cc1Cl. The summed E-state index contributed by atoms with van der Waals surface area (Å²) >= 11 is 7.62. The summed E-state index contributed by atoms with van der Waals surface area (Å²) in [5, 5.41) is 12.6. The molecule has 3 heterocycles. The molecule has 8 nitrogen and oxygen atoms in total. The highest BCUT2D eigenvalue weighted by atomic mass is 35.5. The highest BCUT2D eigenvalue weighted by Crippen LogP contribution is 2.24. The van der Waals surface area contributed by atoms with Crippen LogP contribution in [0.4, 0.5) is 0 Å². The molecule has 0 saturated carbocycles. The van der Waals surface area contributed by atoms with E-state index in [1.165, 1.54) is 11.8 Å². The van der Waals surface area contributed by atoms with Gasteiger partial charge in [0.05, 0.1) is 31.3 Å². The minimum atomic E-state index is -0.0151. The average molecular weight is 466 g/mol. The smallest absolute Gasteiger partial charge is 0.230 e. The number of amides is 1. The van der Waals surface area contributed by atoms with Crippen molar-refractivity contribution in [2.45, 2.75) is 24.5 Å². The van der Waals surface area contributed by atoms with Gasteiger partial charge in [0.2, 0.25) is 5.91 Å². The third-order valence-corrected chi connectivity index (χ3v) is 7.16. The standard InChI is InChI=1S/C21H28ClN5O3S/c1-15-2-3-17(10-18(15)22)27-14-24-25-21(27)31-13-20(28)23-11-19(16-4-7-30-12-16)26-5-8-29-9-6-26/h2-3,10,14,16,19H,4-9,11-13H2,1H3,(H,23,28). The summed E-state index contributed by atoms with van der Waals surface area (Å²) in [6.07, 6.45) is 2.67. The number of carbonyl (C=O) groups is 1. The Morgan fingerprint density at radius 2 is 2.16 bits per heavy atom. The van der Waals surface area contributed by atoms with Crippen LogP contribution in [0.1, 0.15) is 12.0 Å². The molecule has 2 aliphatic rings. The molecule has 0 radical (unpaired) electrons. The molecule has 0 spiro atoms. The van der Waals surface area contributed by atoms with E-state index in [4.69, 9.17) is 21.1 Å². The number of aryl methyl sites for hydroxylation is 1. The van der Waals surface area contributed by atoms with Crippen LogP contribution in [-0.4, -0.2) is 83.4 Å². The van der Waals surface area contributed by atoms with E-state index in [-0.39, 0.29) is 17.7 Å². The van der Waals surface area contributed by atoms with E-state index in [1.807, 2.05) is 29.7 Å². The number of benzene rings is 1. The van der Waals surface area contributed by atoms with E-state index in [1.54, 1.807) is 6.33 Å². The number of nitrogens with one attached hydrogen (secondary N) is 1. The van der Waals surface area contributed by atoms with Gasteiger partial charge in [-0.2, -0.15) is 0 Å². The average Bonchev–Trinajstić information content (AvgIpc) is 3.47. The molecule has 168 valence electrons. The van der Waals surface area contributed by atoms with E-state index in [2.05, 4.69) is 20.4 Å². The maximum atomic E-state index is 12.6. The first-order chi connectivity index (χ1) is 15.1. The van der Waals surface area contributed by atoms with Crippen molar-refractivity contribution in [3.8, 4) is 5.69 Å². The van der Waals surface area contributed by atoms with Crippen LogP contribution in [0, 0.1) is 12.8 Å². The molecule has 2 atom stereocenters. The second-order valence-corrected chi connectivity index (χ2v) is 9.20. The third kappa shape index (κ3) is 5.78. The van der Waals surface area contributed by atoms with Crippen LogP contribution in [0.3, 0.4) is 0 Å². The van der Waals surface area contributed by atoms with Gasteiger partial charge in [0, 0.05) is 43.2 Å². The lowest BCUT2D eigenvalue weighted by Crippen LogP contribution is -2.52. The van der Waals surface area contributed by atoms with Crippen LogP contribution in [0.15, 0.2) is 29.7 Å². The minimum absolute atomic E-state index is 0.0151. The van der Waals surface area contributed by atoms with Crippen LogP contribution in [-0.2, 0) is 14.3 Å². The number of halogens is 1. The second-order valence-electron chi connectivity index (χ2n) is 7.85. The Morgan fingerprint density at radius 3 is 2.90 bits per heavy atom. The lowest BCUT2D eigenvalue weighted by molar-refractivity contribution is -0.119. The maximum absolute atomic E-state index is 12.6. The fourth-order valence-corrected chi connectivity index (χ4v) is 4.92. The number of ether oxygens (including phenoxy) is 2. The number of aromatic nitrogens is 3. The molecular weight excluding hydrogens is 438 g/mol. The minimum Gasteiger partial charge on any atom is -0.381 e. The van der Waals surface area contributed by atoms with Crippen molar-refractivity contribution < 1.29 is 14.3 Å². The van der Waals surface area contributed by atoms with Gasteiger partial charge in [-0.15, -0.1) is 10.2 Å². The van der Waals surface area contributed by atoms with Gasteiger partial charge in [-0.1, -0.05) is 29.4 Å². The predicted molar refractivity (Wildman–Crippen MR) is 120 cm³/mol. The molecule has 2 aliphatic heterocycles. The van der Waals surface area contributed by atoms with Crippen molar-refractivity contribution in [3.05, 3.63) is 35.1 Å². The molecule has 10 heteroatoms. The normalized spacial score (nSPS) is 20.6. The predicted octanol–water partition coefficient (Wildman–Crippen LogP) is 2.17. The van der Waals surface area contributed by atoms with Gasteiger partial charge in [-0.25, -0.2) is 0 Å². The fraction of sp³-hybridized carbons (Fsp3) is 0.571. The Hall–Kier alpha value is -1.65. The summed E-state index contributed by atoms with van der Waals surface area (Å²) < 4.78 is 12.9. The Kier molecular flexibility index (Phi) is 7.84. The molecule has 2 unspecified atom stereocenters. The van der Waals surface area contributed by atoms with Crippen LogP contribution in [0.2, 0.25) is 5.02 Å². The zero-order valence-electron chi connectivity index (χ0n) is 17.6. The molecule has 1 N–H and O–H groups in total. The molecule has 1 aromatic heterocycles. The van der Waals surface area contributed by atoms with Gasteiger partial charge in [0.15, 0.2) is 5.16 Å². The van der Waals surface area contributed by atoms with E-state index in [0.29, 0.717) is 22.6 Å². The number of hydrogen-bond acceptors (Lipinski definition) is 7. The Labute approximate surface area is 191 Å². The summed E-state index contributed by atoms with van der Waals surface area (Å²) in [6.45, 7) is 7.41. The summed E-state index contributed by atoms with van der Waals surface area (Å²) in [5.41, 5.74) is 1.88. The molecule has 0 bridgehead atoms. The van der Waals surface area contributed by atoms with Crippen LogP contribution in [0.5, 0.6) is 0 Å². The van der Waals surface area contributed by atoms with E-state index < -0.39 is 0 Å². The van der Waals surface area contributed by atoms with Crippen molar-refractivity contribution >= 4 is 29.3 Å². The van der Waals surface area contributed by atoms with Crippen LogP contribution < -0.4 is 5.32 Å². The van der Waals surface area contributed by atoms with E-state index in [0.717, 1.165) is 57.2 Å². The molecule has 2 aromatic rings. The van der Waals surface area contributed by atoms with E-state index >= 15 is 0 Å². The van der Waals surface area contributed by atoms with Crippen LogP contribution in [0.25, 0.3) is 5.69 Å². The van der Waals surface area contributed by atoms with Gasteiger partial charge in [-0.05, 0) is 31.0 Å². The summed E-state index contributed by atoms with van der Waals surface area (Å²) in [4.78, 5) is 15.0. The topological polar surface area (TPSA) is 81.5 Å². The third-order valence-electron chi connectivity index (χ3n) is 5.81. The first-order valence-electron chi connectivity index (χ1n) is 10.6. The first kappa shape index (κ1) is 22.5. The number of carbonyl (C=O) groups excluding carboxylic acids is 1. The summed E-state index contributed by atoms with van der Waals surface area (Å²) in [5.74, 6) is 0.703. The Morgan fingerprint density at radius 1 is 1.32 bits per heavy atom. The molecule has 2 saturated heterocycles. The molecule has 1 amide bonds. The molecule has 4 rings (SSSR count). The van der Waals surface area contributed by atoms with Gasteiger partial charge in [0.25, 0.3) is 0 Å². The quantitative estimate of drug-likeness (QED) is 0.598. The first-order valence-corrected chi connectivity index (χ1v) is 11.9. The number of hydrogen-bond donors (Lipinski definition) is 1. The van der Waals surface area contributed by atoms with Crippen molar-refractivity contribution in [1.82, 2.24) is 25.0 Å². The van der Waals surface area contributed by atoms with Crippen LogP contribution >= 0.6 is 23.4 Å². The number of nitrogens with zero attached hydrogens (tertiary/aromatic N) is 4. The maximum Gasteiger partial charge on any atom is 0.230 e. The largest absolute Gasteiger partial charge is 0.381 e. The van der Waals surface area contributed by atoms with Gasteiger partial charge < -0.3 is 14.8 Å². The number of morpholine rings is 1. The lowest BCUT2D eigenvalue weighted by Gasteiger charge is -2.37. The van der Waals surface area contributed by atoms with Crippen molar-refractivity contribution in [3.63, 3.8) is 0 Å². The Balaban J connectivity index is 1.32. The molecular formula is C21H28ClN5O3S. The van der Waals surface area contributed by atoms with Crippen molar-refractivity contribution in [2.75, 3.05) is 51.8 Å². The Bertz CT molecular complexity index is 884. The van der Waals surface area contributed by atoms with Crippen molar-refractivity contribution in [1.29, 1.82) is 0 Å². The van der Waals surface area contributed by atoms with Gasteiger partial charge in [0.1, 0.15) is 6.33 Å². The van der Waals surface area contributed by atoms with Gasteiger partial charge in [-0.3, -0.25) is 14.3 Å². The number of thioether (sulfide) groups is 1. The van der Waals surface area contributed by atoms with E-state index in [9.17, 15) is 4.79 Å². The molecule has 31 heavy (non-hydrogen) atoms.